The summed E-state index contributed by atoms with van der Waals surface area (Å²) in [6, 6.07) is 2.26. The Kier molecular flexibility index (Phi) is 6.21. The van der Waals surface area contributed by atoms with Crippen LogP contribution >= 0.6 is 11.3 Å². The lowest BCUT2D eigenvalue weighted by molar-refractivity contribution is 0.271. The normalized spacial score (nSPS) is 15.1. The summed E-state index contributed by atoms with van der Waals surface area (Å²) in [7, 11) is 0. The molecule has 0 saturated carbocycles. The van der Waals surface area contributed by atoms with E-state index < -0.39 is 0 Å². The van der Waals surface area contributed by atoms with Gasteiger partial charge in [-0.25, -0.2) is 0 Å². The largest absolute Gasteiger partial charge is 0.316 e. The van der Waals surface area contributed by atoms with E-state index in [1.807, 2.05) is 0 Å². The maximum absolute atomic E-state index is 3.63. The lowest BCUT2D eigenvalue weighted by Gasteiger charge is -2.30. The third-order valence-electron chi connectivity index (χ3n) is 3.17. The van der Waals surface area contributed by atoms with Gasteiger partial charge in [-0.3, -0.25) is 0 Å². The molecule has 98 valence electrons. The lowest BCUT2D eigenvalue weighted by Crippen LogP contribution is -2.35. The molecule has 1 aromatic heterocycles. The topological polar surface area (TPSA) is 12.0 Å². The molecule has 0 aliphatic rings. The minimum absolute atomic E-state index is 0.407. The van der Waals surface area contributed by atoms with Crippen molar-refractivity contribution in [3.8, 4) is 0 Å². The van der Waals surface area contributed by atoms with Crippen molar-refractivity contribution in [3.05, 3.63) is 22.4 Å². The molecule has 1 nitrogen and oxygen atoms in total. The van der Waals surface area contributed by atoms with E-state index in [0.717, 1.165) is 19.0 Å². The van der Waals surface area contributed by atoms with E-state index in [-0.39, 0.29) is 0 Å². The smallest absolute Gasteiger partial charge is 0.000846 e. The summed E-state index contributed by atoms with van der Waals surface area (Å²) in [5.41, 5.74) is 1.90. The molecule has 0 fully saturated rings. The molecule has 0 spiro atoms. The second kappa shape index (κ2) is 7.17. The molecule has 0 radical (unpaired) electrons. The third-order valence-corrected chi connectivity index (χ3v) is 3.90. The second-order valence-electron chi connectivity index (χ2n) is 5.89. The first-order chi connectivity index (χ1) is 8.06. The molecule has 1 unspecified atom stereocenters. The summed E-state index contributed by atoms with van der Waals surface area (Å²) in [6.07, 6.45) is 3.77. The predicted octanol–water partition coefficient (Wildman–Crippen LogP) is 4.34. The Morgan fingerprint density at radius 1 is 1.41 bits per heavy atom. The fraction of sp³-hybridized carbons (Fsp3) is 0.733. The van der Waals surface area contributed by atoms with Gasteiger partial charge in [-0.05, 0) is 53.1 Å². The van der Waals surface area contributed by atoms with Crippen LogP contribution in [0.4, 0.5) is 0 Å². The van der Waals surface area contributed by atoms with Gasteiger partial charge in [0.15, 0.2) is 0 Å². The summed E-state index contributed by atoms with van der Waals surface area (Å²) in [6.45, 7) is 11.5. The van der Waals surface area contributed by atoms with Crippen LogP contribution in [0.3, 0.4) is 0 Å². The van der Waals surface area contributed by atoms with E-state index in [9.17, 15) is 0 Å². The summed E-state index contributed by atoms with van der Waals surface area (Å²) in [5.74, 6) is 0.738. The van der Waals surface area contributed by atoms with E-state index in [1.54, 1.807) is 11.3 Å². The Morgan fingerprint density at radius 3 is 2.71 bits per heavy atom. The van der Waals surface area contributed by atoms with E-state index >= 15 is 0 Å². The van der Waals surface area contributed by atoms with Gasteiger partial charge >= 0.3 is 0 Å². The molecule has 0 aliphatic heterocycles. The number of hydrogen-bond acceptors (Lipinski definition) is 2. The number of hydrogen-bond donors (Lipinski definition) is 1. The van der Waals surface area contributed by atoms with Crippen molar-refractivity contribution in [2.24, 2.45) is 11.3 Å². The zero-order chi connectivity index (χ0) is 12.7. The van der Waals surface area contributed by atoms with Crippen LogP contribution in [0, 0.1) is 11.3 Å². The van der Waals surface area contributed by atoms with Crippen LogP contribution in [-0.4, -0.2) is 13.1 Å². The molecular weight excluding hydrogens is 226 g/mol. The molecule has 0 saturated heterocycles. The van der Waals surface area contributed by atoms with Crippen LogP contribution in [0.2, 0.25) is 0 Å². The van der Waals surface area contributed by atoms with Crippen LogP contribution in [-0.2, 0) is 6.42 Å². The Morgan fingerprint density at radius 2 is 2.18 bits per heavy atom. The first kappa shape index (κ1) is 14.7. The van der Waals surface area contributed by atoms with Gasteiger partial charge in [-0.2, -0.15) is 11.3 Å². The Hall–Kier alpha value is -0.340. The highest BCUT2D eigenvalue weighted by Gasteiger charge is 2.23. The average molecular weight is 253 g/mol. The fourth-order valence-corrected chi connectivity index (χ4v) is 3.06. The highest BCUT2D eigenvalue weighted by Crippen LogP contribution is 2.28. The van der Waals surface area contributed by atoms with Crippen molar-refractivity contribution in [3.63, 3.8) is 0 Å². The van der Waals surface area contributed by atoms with Crippen molar-refractivity contribution in [2.75, 3.05) is 13.1 Å². The summed E-state index contributed by atoms with van der Waals surface area (Å²) < 4.78 is 0. The van der Waals surface area contributed by atoms with Crippen LogP contribution in [0.5, 0.6) is 0 Å². The maximum atomic E-state index is 3.63. The van der Waals surface area contributed by atoms with Gasteiger partial charge in [-0.15, -0.1) is 0 Å². The van der Waals surface area contributed by atoms with Crippen molar-refractivity contribution in [2.45, 2.75) is 47.0 Å². The van der Waals surface area contributed by atoms with E-state index in [0.29, 0.717) is 5.41 Å². The fourth-order valence-electron chi connectivity index (χ4n) is 2.39. The Balaban J connectivity index is 2.49. The Labute approximate surface area is 111 Å². The van der Waals surface area contributed by atoms with Gasteiger partial charge in [-0.1, -0.05) is 34.1 Å². The molecule has 0 aromatic carbocycles. The monoisotopic (exact) mass is 253 g/mol. The van der Waals surface area contributed by atoms with Gasteiger partial charge in [0.25, 0.3) is 0 Å². The molecular formula is C15H27NS. The summed E-state index contributed by atoms with van der Waals surface area (Å²) in [4.78, 5) is 0. The van der Waals surface area contributed by atoms with Gasteiger partial charge in [0.1, 0.15) is 0 Å². The molecule has 1 rings (SSSR count). The molecule has 0 bridgehead atoms. The quantitative estimate of drug-likeness (QED) is 0.726. The molecule has 1 heterocycles. The van der Waals surface area contributed by atoms with Gasteiger partial charge in [0.05, 0.1) is 0 Å². The molecule has 1 N–H and O–H groups in total. The molecule has 0 amide bonds. The first-order valence-electron chi connectivity index (χ1n) is 6.77. The third kappa shape index (κ3) is 5.69. The van der Waals surface area contributed by atoms with Crippen LogP contribution in [0.15, 0.2) is 16.8 Å². The zero-order valence-corrected chi connectivity index (χ0v) is 12.6. The van der Waals surface area contributed by atoms with Crippen molar-refractivity contribution in [1.29, 1.82) is 0 Å². The van der Waals surface area contributed by atoms with E-state index in [4.69, 9.17) is 0 Å². The molecule has 2 heteroatoms. The summed E-state index contributed by atoms with van der Waals surface area (Å²) >= 11 is 1.81. The van der Waals surface area contributed by atoms with Gasteiger partial charge < -0.3 is 5.32 Å². The Bertz CT molecular complexity index is 292. The zero-order valence-electron chi connectivity index (χ0n) is 11.8. The predicted molar refractivity (Wildman–Crippen MR) is 78.7 cm³/mol. The highest BCUT2D eigenvalue weighted by atomic mass is 32.1. The standard InChI is InChI=1S/C15H27NS/c1-5-7-15(4,12-16-10-13(2)3)9-14-6-8-17-11-14/h6,8,11,13,16H,5,7,9-10,12H2,1-4H3. The van der Waals surface area contributed by atoms with Crippen LogP contribution in [0.25, 0.3) is 0 Å². The molecule has 1 atom stereocenters. The summed E-state index contributed by atoms with van der Waals surface area (Å²) in [5, 5.41) is 8.10. The van der Waals surface area contributed by atoms with Crippen molar-refractivity contribution in [1.82, 2.24) is 5.32 Å². The second-order valence-corrected chi connectivity index (χ2v) is 6.67. The van der Waals surface area contributed by atoms with Crippen molar-refractivity contribution < 1.29 is 0 Å². The van der Waals surface area contributed by atoms with Crippen molar-refractivity contribution >= 4 is 11.3 Å². The number of nitrogens with one attached hydrogen (secondary N) is 1. The molecule has 0 aliphatic carbocycles. The highest BCUT2D eigenvalue weighted by molar-refractivity contribution is 7.07. The van der Waals surface area contributed by atoms with Gasteiger partial charge in [0, 0.05) is 6.54 Å². The van der Waals surface area contributed by atoms with E-state index in [1.165, 1.54) is 24.8 Å². The molecule has 17 heavy (non-hydrogen) atoms. The van der Waals surface area contributed by atoms with E-state index in [2.05, 4.69) is 49.8 Å². The van der Waals surface area contributed by atoms with Crippen LogP contribution in [0.1, 0.15) is 46.1 Å². The maximum Gasteiger partial charge on any atom is 0.000846 e. The minimum atomic E-state index is 0.407. The first-order valence-corrected chi connectivity index (χ1v) is 7.72. The average Bonchev–Trinajstić information content (AvgIpc) is 2.69. The SMILES string of the molecule is CCCC(C)(CNCC(C)C)Cc1ccsc1. The number of thiophene rings is 1. The van der Waals surface area contributed by atoms with Gasteiger partial charge in [0.2, 0.25) is 0 Å². The molecule has 1 aromatic rings. The number of rotatable bonds is 8. The van der Waals surface area contributed by atoms with Crippen LogP contribution < -0.4 is 5.32 Å². The lowest BCUT2D eigenvalue weighted by atomic mass is 9.80. The minimum Gasteiger partial charge on any atom is -0.316 e.